The first-order chi connectivity index (χ1) is 38.0. The van der Waals surface area contributed by atoms with Crippen LogP contribution in [-0.4, -0.2) is 126 Å². The minimum Gasteiger partial charge on any atom is -0.444 e. The number of nitrogens with two attached hydrogens (primary N) is 1. The number of rotatable bonds is 15. The zero-order valence-corrected chi connectivity index (χ0v) is 46.2. The maximum atomic E-state index is 13.8. The van der Waals surface area contributed by atoms with E-state index in [1.807, 2.05) is 29.2 Å². The summed E-state index contributed by atoms with van der Waals surface area (Å²) in [7, 11) is 0. The highest BCUT2D eigenvalue weighted by Gasteiger charge is 2.42. The highest BCUT2D eigenvalue weighted by Crippen LogP contribution is 2.36. The summed E-state index contributed by atoms with van der Waals surface area (Å²) in [5.74, 6) is -1.87. The standard InChI is InChI=1S/C29H36F3N7O3.C24H28F3N7O.CH2Cl2/c1-28(2,3)42-27(41)35-18-21-9-13-38(14-10-21)23-16-24(37-26(36-23)29(30,31)32)39-15-11-22(39)25(40)34-12-8-19-4-6-20(17-33)7-5-19;25-24(26,27)23-31-20(33-10-6-18(15-29)7-11-33)13-21(32-23)34-12-8-19(34)22(35)30-9-5-16-1-3-17(14-28)4-2-16;2-1-3/h4-7,16,21-22H,8-15,18H2,1-3H3,(H,34,40)(H,35,41);1-4,13,18-19H,5-12,15,29H2,(H,30,35);1H2/t22-;19-;/m00./s1. The third-order valence-electron chi connectivity index (χ3n) is 13.9. The summed E-state index contributed by atoms with van der Waals surface area (Å²) in [6.45, 7) is 10.00. The number of benzene rings is 2. The van der Waals surface area contributed by atoms with Gasteiger partial charge in [0.15, 0.2) is 0 Å². The molecule has 2 aromatic carbocycles. The molecule has 5 N–H and O–H groups in total. The first-order valence-electron chi connectivity index (χ1n) is 26.3. The highest BCUT2D eigenvalue weighted by atomic mass is 35.5. The van der Waals surface area contributed by atoms with E-state index in [1.165, 1.54) is 6.07 Å². The Balaban J connectivity index is 0.000000249. The molecule has 4 aromatic rings. The molecule has 4 aliphatic heterocycles. The van der Waals surface area contributed by atoms with Gasteiger partial charge < -0.3 is 46.0 Å². The summed E-state index contributed by atoms with van der Waals surface area (Å²) in [4.78, 5) is 59.6. The van der Waals surface area contributed by atoms with E-state index in [2.05, 4.69) is 48.0 Å². The molecule has 0 aliphatic carbocycles. The molecule has 8 rings (SSSR count). The fourth-order valence-corrected chi connectivity index (χ4v) is 9.28. The smallest absolute Gasteiger partial charge is 0.444 e. The lowest BCUT2D eigenvalue weighted by molar-refractivity contribution is -0.145. The van der Waals surface area contributed by atoms with Crippen molar-refractivity contribution in [2.24, 2.45) is 17.6 Å². The molecule has 2 aromatic heterocycles. The van der Waals surface area contributed by atoms with Gasteiger partial charge in [0, 0.05) is 71.0 Å². The van der Waals surface area contributed by atoms with Gasteiger partial charge in [-0.05, 0) is 126 Å². The minimum absolute atomic E-state index is 0.0690. The Bertz CT molecular complexity index is 2780. The Labute approximate surface area is 471 Å². The lowest BCUT2D eigenvalue weighted by Gasteiger charge is -2.41. The number of carbonyl (C=O) groups excluding carboxylic acids is 3. The van der Waals surface area contributed by atoms with E-state index in [4.69, 9.17) is 44.2 Å². The zero-order chi connectivity index (χ0) is 58.2. The lowest BCUT2D eigenvalue weighted by Crippen LogP contribution is -2.57. The predicted octanol–water partition coefficient (Wildman–Crippen LogP) is 7.95. The third kappa shape index (κ3) is 18.1. The van der Waals surface area contributed by atoms with E-state index in [0.29, 0.717) is 121 Å². The van der Waals surface area contributed by atoms with E-state index in [-0.39, 0.29) is 46.3 Å². The average molecular weight is 1160 g/mol. The van der Waals surface area contributed by atoms with Gasteiger partial charge in [-0.3, -0.25) is 9.59 Å². The van der Waals surface area contributed by atoms with Crippen LogP contribution in [0, 0.1) is 34.5 Å². The molecule has 0 unspecified atom stereocenters. The molecule has 0 radical (unpaired) electrons. The summed E-state index contributed by atoms with van der Waals surface area (Å²) in [5.41, 5.74) is 8.18. The van der Waals surface area contributed by atoms with Crippen LogP contribution in [0.1, 0.15) is 93.2 Å². The highest BCUT2D eigenvalue weighted by molar-refractivity contribution is 6.40. The lowest BCUT2D eigenvalue weighted by atomic mass is 9.97. The Morgan fingerprint density at radius 2 is 0.988 bits per heavy atom. The molecule has 0 bridgehead atoms. The summed E-state index contributed by atoms with van der Waals surface area (Å²) in [6.07, 6.45) is -4.85. The molecule has 4 fully saturated rings. The Morgan fingerprint density at radius 1 is 0.613 bits per heavy atom. The fraction of sp³-hybridized carbons (Fsp3) is 0.537. The molecule has 3 amide bonds. The van der Waals surface area contributed by atoms with Crippen molar-refractivity contribution in [2.45, 2.75) is 102 Å². The predicted molar refractivity (Wildman–Crippen MR) is 291 cm³/mol. The van der Waals surface area contributed by atoms with E-state index in [0.717, 1.165) is 24.0 Å². The van der Waals surface area contributed by atoms with Crippen LogP contribution in [0.4, 0.5) is 54.4 Å². The first kappa shape index (κ1) is 62.3. The number of halogens is 8. The van der Waals surface area contributed by atoms with Crippen molar-refractivity contribution in [1.29, 1.82) is 10.5 Å². The number of alkyl halides is 8. The molecular weight excluding hydrogens is 1090 g/mol. The largest absolute Gasteiger partial charge is 0.451 e. The van der Waals surface area contributed by atoms with Gasteiger partial charge >= 0.3 is 18.4 Å². The number of nitrogens with one attached hydrogen (secondary N) is 3. The number of alkyl carbamates (subject to hydrolysis) is 1. The molecule has 6 heterocycles. The number of nitriles is 2. The maximum absolute atomic E-state index is 13.8. The molecule has 432 valence electrons. The third-order valence-corrected chi connectivity index (χ3v) is 13.9. The van der Waals surface area contributed by atoms with Crippen LogP contribution in [0.25, 0.3) is 0 Å². The quantitative estimate of drug-likeness (QED) is 0.0653. The van der Waals surface area contributed by atoms with Gasteiger partial charge in [-0.1, -0.05) is 24.3 Å². The number of anilines is 4. The summed E-state index contributed by atoms with van der Waals surface area (Å²) in [5, 5.41) is 26.5. The number of hydrogen-bond acceptors (Lipinski definition) is 15. The molecule has 4 saturated heterocycles. The molecule has 26 heteroatoms. The second-order valence-corrected chi connectivity index (χ2v) is 21.4. The number of aromatic nitrogens is 4. The monoisotopic (exact) mass is 1160 g/mol. The first-order valence-corrected chi connectivity index (χ1v) is 27.4. The van der Waals surface area contributed by atoms with Gasteiger partial charge in [-0.15, -0.1) is 23.2 Å². The van der Waals surface area contributed by atoms with Gasteiger partial charge in [0.05, 0.1) is 28.6 Å². The van der Waals surface area contributed by atoms with Gasteiger partial charge in [0.2, 0.25) is 23.5 Å². The molecule has 2 atom stereocenters. The van der Waals surface area contributed by atoms with E-state index < -0.39 is 47.8 Å². The summed E-state index contributed by atoms with van der Waals surface area (Å²) < 4.78 is 87.3. The van der Waals surface area contributed by atoms with E-state index in [9.17, 15) is 40.7 Å². The molecule has 18 nitrogen and oxygen atoms in total. The van der Waals surface area contributed by atoms with Gasteiger partial charge in [0.25, 0.3) is 0 Å². The number of carbonyl (C=O) groups is 3. The second kappa shape index (κ2) is 28.5. The van der Waals surface area contributed by atoms with Crippen LogP contribution in [0.15, 0.2) is 60.7 Å². The van der Waals surface area contributed by atoms with Crippen LogP contribution < -0.4 is 41.3 Å². The van der Waals surface area contributed by atoms with E-state index in [1.54, 1.807) is 65.8 Å². The number of hydrogen-bond donors (Lipinski definition) is 4. The number of ether oxygens (including phenoxy) is 1. The van der Waals surface area contributed by atoms with Crippen molar-refractivity contribution in [2.75, 3.05) is 90.4 Å². The van der Waals surface area contributed by atoms with Crippen LogP contribution in [0.2, 0.25) is 0 Å². The van der Waals surface area contributed by atoms with Crippen molar-refractivity contribution in [3.63, 3.8) is 0 Å². The summed E-state index contributed by atoms with van der Waals surface area (Å²) in [6, 6.07) is 20.1. The van der Waals surface area contributed by atoms with Crippen LogP contribution in [-0.2, 0) is 39.5 Å². The van der Waals surface area contributed by atoms with Crippen molar-refractivity contribution < 1.29 is 45.5 Å². The molecule has 0 saturated carbocycles. The second-order valence-electron chi connectivity index (χ2n) is 20.6. The van der Waals surface area contributed by atoms with E-state index >= 15 is 0 Å². The molecule has 0 spiro atoms. The van der Waals surface area contributed by atoms with Crippen LogP contribution >= 0.6 is 23.2 Å². The Morgan fingerprint density at radius 3 is 1.31 bits per heavy atom. The van der Waals surface area contributed by atoms with Crippen LogP contribution in [0.3, 0.4) is 0 Å². The van der Waals surface area contributed by atoms with Gasteiger partial charge in [-0.2, -0.15) is 36.9 Å². The molecule has 4 aliphatic rings. The van der Waals surface area contributed by atoms with Gasteiger partial charge in [-0.25, -0.2) is 24.7 Å². The van der Waals surface area contributed by atoms with Gasteiger partial charge in [0.1, 0.15) is 41.0 Å². The van der Waals surface area contributed by atoms with Crippen molar-refractivity contribution in [1.82, 2.24) is 35.9 Å². The molecular formula is C54H66Cl2F6N14O4. The number of amides is 3. The van der Waals surface area contributed by atoms with Crippen molar-refractivity contribution in [3.8, 4) is 12.1 Å². The number of piperidine rings is 2. The fourth-order valence-electron chi connectivity index (χ4n) is 9.28. The average Bonchev–Trinajstić information content (AvgIpc) is 3.55. The van der Waals surface area contributed by atoms with Crippen LogP contribution in [0.5, 0.6) is 0 Å². The topological polar surface area (TPSA) is 235 Å². The zero-order valence-electron chi connectivity index (χ0n) is 44.7. The summed E-state index contributed by atoms with van der Waals surface area (Å²) >= 11 is 9.53. The number of nitrogens with zero attached hydrogens (tertiary/aromatic N) is 10. The maximum Gasteiger partial charge on any atom is 0.451 e. The minimum atomic E-state index is -4.75. The normalized spacial score (nSPS) is 17.7. The molecule has 80 heavy (non-hydrogen) atoms. The Hall–Kier alpha value is -6.89. The Kier molecular flexibility index (Phi) is 22.2. The van der Waals surface area contributed by atoms with Crippen molar-refractivity contribution >= 4 is 64.4 Å². The SMILES string of the molecule is CC(C)(C)OC(=O)NCC1CCN(c2cc(N3CC[C@H]3C(=O)NCCc3ccc(C#N)cc3)nc(C(F)(F)F)n2)CC1.ClCCl.N#Cc1ccc(CCNC(=O)[C@@H]2CCN2c2cc(N3CCC(CN)CC3)nc(C(F)(F)F)n2)cc1. The van der Waals surface area contributed by atoms with Crippen molar-refractivity contribution in [3.05, 3.63) is 94.6 Å².